The Bertz CT molecular complexity index is 364. The minimum Gasteiger partial charge on any atom is -0.402 e. The average molecular weight is 205 g/mol. The van der Waals surface area contributed by atoms with E-state index in [1.165, 1.54) is 0 Å². The van der Waals surface area contributed by atoms with Gasteiger partial charge in [-0.15, -0.1) is 0 Å². The molecule has 0 aromatic heterocycles. The Morgan fingerprint density at radius 3 is 2.40 bits per heavy atom. The van der Waals surface area contributed by atoms with Crippen LogP contribution < -0.4 is 5.73 Å². The van der Waals surface area contributed by atoms with Crippen LogP contribution in [-0.2, 0) is 4.79 Å². The van der Waals surface area contributed by atoms with Crippen molar-refractivity contribution in [3.63, 3.8) is 0 Å². The van der Waals surface area contributed by atoms with E-state index in [1.807, 2.05) is 18.2 Å². The molecule has 1 aliphatic rings. The van der Waals surface area contributed by atoms with Crippen LogP contribution in [0.25, 0.3) is 0 Å². The van der Waals surface area contributed by atoms with Crippen LogP contribution in [0.2, 0.25) is 0 Å². The minimum absolute atomic E-state index is 0.0435. The number of Topliss-reactive ketones (excluding diaryl/α,β-unsaturated/α-hetero) is 1. The molecule has 0 radical (unpaired) electrons. The molecule has 2 N–H and O–H groups in total. The molecule has 0 bridgehead atoms. The van der Waals surface area contributed by atoms with Crippen LogP contribution in [0.1, 0.15) is 34.1 Å². The van der Waals surface area contributed by atoms with Gasteiger partial charge in [0.1, 0.15) is 0 Å². The summed E-state index contributed by atoms with van der Waals surface area (Å²) in [6.45, 7) is 7.97. The first-order valence-corrected chi connectivity index (χ1v) is 5.19. The molecule has 15 heavy (non-hydrogen) atoms. The summed E-state index contributed by atoms with van der Waals surface area (Å²) < 4.78 is 0. The SMILES string of the molecule is CC(=O)C1=CC(C(C)(C)C)=CC=C(N)C1. The first kappa shape index (κ1) is 11.8. The van der Waals surface area contributed by atoms with Gasteiger partial charge in [0.25, 0.3) is 0 Å². The number of carbonyl (C=O) groups is 1. The Balaban J connectivity index is 3.16. The summed E-state index contributed by atoms with van der Waals surface area (Å²) in [5.41, 5.74) is 8.52. The number of nitrogens with two attached hydrogens (primary N) is 1. The number of rotatable bonds is 1. The van der Waals surface area contributed by atoms with E-state index < -0.39 is 0 Å². The average Bonchev–Trinajstić information content (AvgIpc) is 2.25. The van der Waals surface area contributed by atoms with Gasteiger partial charge >= 0.3 is 0 Å². The standard InChI is InChI=1S/C13H19NO/c1-9(15)10-7-11(13(2,3)4)5-6-12(14)8-10/h5-7H,8,14H2,1-4H3. The van der Waals surface area contributed by atoms with Crippen LogP contribution in [0.4, 0.5) is 0 Å². The topological polar surface area (TPSA) is 43.1 Å². The lowest BCUT2D eigenvalue weighted by Gasteiger charge is -2.20. The Kier molecular flexibility index (Phi) is 3.18. The van der Waals surface area contributed by atoms with E-state index in [0.29, 0.717) is 6.42 Å². The summed E-state index contributed by atoms with van der Waals surface area (Å²) in [6.07, 6.45) is 6.43. The fraction of sp³-hybridized carbons (Fsp3) is 0.462. The van der Waals surface area contributed by atoms with E-state index in [4.69, 9.17) is 5.73 Å². The molecule has 0 amide bonds. The molecule has 0 saturated carbocycles. The third-order valence-corrected chi connectivity index (χ3v) is 2.52. The highest BCUT2D eigenvalue weighted by Crippen LogP contribution is 2.30. The minimum atomic E-state index is 0.0435. The van der Waals surface area contributed by atoms with E-state index in [-0.39, 0.29) is 11.2 Å². The lowest BCUT2D eigenvalue weighted by Crippen LogP contribution is -2.09. The maximum atomic E-state index is 11.4. The molecular weight excluding hydrogens is 186 g/mol. The highest BCUT2D eigenvalue weighted by Gasteiger charge is 2.18. The molecule has 82 valence electrons. The Morgan fingerprint density at radius 2 is 1.93 bits per heavy atom. The van der Waals surface area contributed by atoms with Crippen molar-refractivity contribution < 1.29 is 4.79 Å². The van der Waals surface area contributed by atoms with Gasteiger partial charge in [0.05, 0.1) is 0 Å². The third kappa shape index (κ3) is 3.08. The van der Waals surface area contributed by atoms with E-state index in [2.05, 4.69) is 20.8 Å². The second-order valence-electron chi connectivity index (χ2n) is 5.02. The zero-order valence-electron chi connectivity index (χ0n) is 9.92. The normalized spacial score (nSPS) is 17.5. The van der Waals surface area contributed by atoms with Crippen LogP contribution in [0, 0.1) is 5.41 Å². The highest BCUT2D eigenvalue weighted by atomic mass is 16.1. The van der Waals surface area contributed by atoms with Crippen molar-refractivity contribution >= 4 is 5.78 Å². The van der Waals surface area contributed by atoms with Gasteiger partial charge in [-0.25, -0.2) is 0 Å². The molecule has 0 spiro atoms. The van der Waals surface area contributed by atoms with Crippen molar-refractivity contribution in [2.45, 2.75) is 34.1 Å². The Hall–Kier alpha value is -1.31. The van der Waals surface area contributed by atoms with Gasteiger partial charge < -0.3 is 5.73 Å². The zero-order valence-corrected chi connectivity index (χ0v) is 9.92. The first-order chi connectivity index (χ1) is 6.80. The summed E-state index contributed by atoms with van der Waals surface area (Å²) in [4.78, 5) is 11.4. The van der Waals surface area contributed by atoms with Crippen LogP contribution >= 0.6 is 0 Å². The molecule has 2 nitrogen and oxygen atoms in total. The van der Waals surface area contributed by atoms with Crippen molar-refractivity contribution in [1.29, 1.82) is 0 Å². The predicted octanol–water partition coefficient (Wildman–Crippen LogP) is 2.72. The highest BCUT2D eigenvalue weighted by molar-refractivity contribution is 5.94. The molecule has 1 rings (SSSR count). The maximum absolute atomic E-state index is 11.4. The molecule has 1 aliphatic carbocycles. The second kappa shape index (κ2) is 4.05. The fourth-order valence-corrected chi connectivity index (χ4v) is 1.46. The lowest BCUT2D eigenvalue weighted by molar-refractivity contribution is -0.113. The molecule has 2 heteroatoms. The van der Waals surface area contributed by atoms with Gasteiger partial charge in [-0.3, -0.25) is 4.79 Å². The molecule has 0 fully saturated rings. The smallest absolute Gasteiger partial charge is 0.156 e. The van der Waals surface area contributed by atoms with Crippen LogP contribution in [0.15, 0.2) is 35.1 Å². The molecule has 0 aromatic rings. The van der Waals surface area contributed by atoms with Gasteiger partial charge in [-0.2, -0.15) is 0 Å². The third-order valence-electron chi connectivity index (χ3n) is 2.52. The monoisotopic (exact) mass is 205 g/mol. The summed E-state index contributed by atoms with van der Waals surface area (Å²) in [5.74, 6) is 0.100. The lowest BCUT2D eigenvalue weighted by atomic mass is 9.85. The van der Waals surface area contributed by atoms with E-state index >= 15 is 0 Å². The molecule has 0 aromatic carbocycles. The fourth-order valence-electron chi connectivity index (χ4n) is 1.46. The second-order valence-corrected chi connectivity index (χ2v) is 5.02. The van der Waals surface area contributed by atoms with Crippen molar-refractivity contribution in [1.82, 2.24) is 0 Å². The maximum Gasteiger partial charge on any atom is 0.156 e. The summed E-state index contributed by atoms with van der Waals surface area (Å²) >= 11 is 0. The molecule has 0 atom stereocenters. The largest absolute Gasteiger partial charge is 0.402 e. The first-order valence-electron chi connectivity index (χ1n) is 5.19. The van der Waals surface area contributed by atoms with Crippen molar-refractivity contribution in [3.8, 4) is 0 Å². The molecule has 0 unspecified atom stereocenters. The van der Waals surface area contributed by atoms with Crippen molar-refractivity contribution in [2.24, 2.45) is 11.1 Å². The number of allylic oxidation sites excluding steroid dienone is 5. The van der Waals surface area contributed by atoms with Gasteiger partial charge in [-0.1, -0.05) is 32.9 Å². The number of hydrogen-bond donors (Lipinski definition) is 1. The number of carbonyl (C=O) groups excluding carboxylic acids is 1. The van der Waals surface area contributed by atoms with Gasteiger partial charge in [0, 0.05) is 17.7 Å². The predicted molar refractivity (Wildman–Crippen MR) is 63.2 cm³/mol. The van der Waals surface area contributed by atoms with Crippen molar-refractivity contribution in [3.05, 3.63) is 35.1 Å². The number of ketones is 1. The van der Waals surface area contributed by atoms with Gasteiger partial charge in [-0.05, 0) is 24.0 Å². The van der Waals surface area contributed by atoms with Gasteiger partial charge in [0.2, 0.25) is 0 Å². The summed E-state index contributed by atoms with van der Waals surface area (Å²) in [5, 5.41) is 0. The number of hydrogen-bond acceptors (Lipinski definition) is 2. The zero-order chi connectivity index (χ0) is 11.6. The quantitative estimate of drug-likeness (QED) is 0.715. The Morgan fingerprint density at radius 1 is 1.33 bits per heavy atom. The van der Waals surface area contributed by atoms with E-state index in [0.717, 1.165) is 16.8 Å². The summed E-state index contributed by atoms with van der Waals surface area (Å²) in [6, 6.07) is 0. The van der Waals surface area contributed by atoms with Crippen LogP contribution in [0.5, 0.6) is 0 Å². The van der Waals surface area contributed by atoms with Crippen LogP contribution in [-0.4, -0.2) is 5.78 Å². The molecule has 0 saturated heterocycles. The van der Waals surface area contributed by atoms with Gasteiger partial charge in [0.15, 0.2) is 5.78 Å². The molecule has 0 aliphatic heterocycles. The van der Waals surface area contributed by atoms with E-state index in [9.17, 15) is 4.79 Å². The Labute approximate surface area is 91.5 Å². The van der Waals surface area contributed by atoms with E-state index in [1.54, 1.807) is 6.92 Å². The van der Waals surface area contributed by atoms with Crippen LogP contribution in [0.3, 0.4) is 0 Å². The summed E-state index contributed by atoms with van der Waals surface area (Å²) in [7, 11) is 0. The molecule has 0 heterocycles. The molecular formula is C13H19NO. The van der Waals surface area contributed by atoms with Crippen molar-refractivity contribution in [2.75, 3.05) is 0 Å².